The van der Waals surface area contributed by atoms with E-state index in [1.54, 1.807) is 13.3 Å². The fourth-order valence-corrected chi connectivity index (χ4v) is 3.72. The molecule has 0 spiro atoms. The summed E-state index contributed by atoms with van der Waals surface area (Å²) < 4.78 is 16.0. The molecule has 1 aromatic heterocycles. The normalized spacial score (nSPS) is 26.7. The number of pyridine rings is 1. The van der Waals surface area contributed by atoms with Gasteiger partial charge in [0, 0.05) is 31.2 Å². The van der Waals surface area contributed by atoms with Crippen LogP contribution in [0.5, 0.6) is 5.75 Å². The van der Waals surface area contributed by atoms with Crippen LogP contribution in [0.1, 0.15) is 29.9 Å². The fourth-order valence-electron chi connectivity index (χ4n) is 3.72. The predicted molar refractivity (Wildman–Crippen MR) is 101 cm³/mol. The monoisotopic (exact) mass is 400 g/mol. The number of benzene rings is 1. The van der Waals surface area contributed by atoms with Crippen molar-refractivity contribution in [2.45, 2.75) is 43.8 Å². The lowest BCUT2D eigenvalue weighted by molar-refractivity contribution is -0.437. The van der Waals surface area contributed by atoms with Crippen LogP contribution in [0.2, 0.25) is 0 Å². The third kappa shape index (κ3) is 4.40. The molecule has 29 heavy (non-hydrogen) atoms. The second kappa shape index (κ2) is 8.87. The van der Waals surface area contributed by atoms with E-state index in [4.69, 9.17) is 23.9 Å². The van der Waals surface area contributed by atoms with Crippen LogP contribution in [-0.4, -0.2) is 48.8 Å². The molecular weight excluding hydrogens is 376 g/mol. The molecule has 1 aromatic carbocycles. The summed E-state index contributed by atoms with van der Waals surface area (Å²) in [6.45, 7) is 0.382. The number of carbonyl (C=O) groups excluding carboxylic acids is 1. The summed E-state index contributed by atoms with van der Waals surface area (Å²) in [5.74, 6) is 0.429. The lowest BCUT2D eigenvalue weighted by atomic mass is 9.86. The first kappa shape index (κ1) is 19.8. The highest BCUT2D eigenvalue weighted by Gasteiger charge is 2.48. The van der Waals surface area contributed by atoms with Gasteiger partial charge in [0.15, 0.2) is 12.4 Å². The molecule has 0 radical (unpaired) electrons. The van der Waals surface area contributed by atoms with Crippen molar-refractivity contribution in [3.63, 3.8) is 0 Å². The van der Waals surface area contributed by atoms with Gasteiger partial charge in [0.25, 0.3) is 0 Å². The SMILES string of the molecule is COC(=O)C1CC2C(c3cccnc3)CC(OCc3ccc(OC)cc3)ON2O1. The number of ether oxygens (including phenoxy) is 3. The Morgan fingerprint density at radius 3 is 2.69 bits per heavy atom. The largest absolute Gasteiger partial charge is 0.497 e. The maximum Gasteiger partial charge on any atom is 0.337 e. The summed E-state index contributed by atoms with van der Waals surface area (Å²) in [7, 11) is 2.98. The Hall–Kier alpha value is -2.52. The van der Waals surface area contributed by atoms with Gasteiger partial charge in [0.1, 0.15) is 5.75 Å². The highest BCUT2D eigenvalue weighted by Crippen LogP contribution is 2.41. The Morgan fingerprint density at radius 1 is 1.17 bits per heavy atom. The molecule has 4 atom stereocenters. The van der Waals surface area contributed by atoms with Crippen molar-refractivity contribution in [3.8, 4) is 5.75 Å². The number of carbonyl (C=O) groups is 1. The van der Waals surface area contributed by atoms with E-state index in [0.717, 1.165) is 16.9 Å². The minimum absolute atomic E-state index is 0.0490. The molecule has 0 N–H and O–H groups in total. The summed E-state index contributed by atoms with van der Waals surface area (Å²) in [5.41, 5.74) is 2.06. The zero-order valence-electron chi connectivity index (χ0n) is 16.4. The van der Waals surface area contributed by atoms with E-state index in [2.05, 4.69) is 4.98 Å². The Labute approximate surface area is 169 Å². The molecule has 2 aliphatic heterocycles. The average Bonchev–Trinajstić information content (AvgIpc) is 3.21. The number of methoxy groups -OCH3 is 2. The molecule has 4 unspecified atom stereocenters. The van der Waals surface area contributed by atoms with Crippen LogP contribution in [0.4, 0.5) is 0 Å². The Kier molecular flexibility index (Phi) is 6.05. The third-order valence-electron chi connectivity index (χ3n) is 5.26. The highest BCUT2D eigenvalue weighted by atomic mass is 17.0. The second-order valence-electron chi connectivity index (χ2n) is 7.03. The lowest BCUT2D eigenvalue weighted by Crippen LogP contribution is -2.44. The van der Waals surface area contributed by atoms with Crippen molar-refractivity contribution in [1.29, 1.82) is 0 Å². The zero-order chi connectivity index (χ0) is 20.2. The first-order valence-electron chi connectivity index (χ1n) is 9.53. The van der Waals surface area contributed by atoms with E-state index < -0.39 is 18.4 Å². The third-order valence-corrected chi connectivity index (χ3v) is 5.26. The zero-order valence-corrected chi connectivity index (χ0v) is 16.4. The van der Waals surface area contributed by atoms with Gasteiger partial charge in [-0.15, -0.1) is 0 Å². The minimum Gasteiger partial charge on any atom is -0.497 e. The van der Waals surface area contributed by atoms with E-state index in [1.807, 2.05) is 42.6 Å². The number of hydrogen-bond donors (Lipinski definition) is 0. The van der Waals surface area contributed by atoms with Gasteiger partial charge in [0.05, 0.1) is 26.9 Å². The number of aromatic nitrogens is 1. The summed E-state index contributed by atoms with van der Waals surface area (Å²) in [6.07, 6.45) is 3.47. The molecule has 2 aliphatic rings. The molecular formula is C21H24N2O6. The number of hydroxylamine groups is 2. The maximum absolute atomic E-state index is 12.0. The van der Waals surface area contributed by atoms with Crippen LogP contribution in [0.15, 0.2) is 48.8 Å². The predicted octanol–water partition coefficient (Wildman–Crippen LogP) is 2.60. The molecule has 0 saturated carbocycles. The van der Waals surface area contributed by atoms with Gasteiger partial charge in [-0.1, -0.05) is 23.4 Å². The molecule has 154 valence electrons. The minimum atomic E-state index is -0.690. The van der Waals surface area contributed by atoms with Crippen LogP contribution in [0.3, 0.4) is 0 Å². The average molecular weight is 400 g/mol. The van der Waals surface area contributed by atoms with E-state index in [0.29, 0.717) is 19.4 Å². The Balaban J connectivity index is 1.47. The number of hydrogen-bond acceptors (Lipinski definition) is 8. The summed E-state index contributed by atoms with van der Waals surface area (Å²) >= 11 is 0. The maximum atomic E-state index is 12.0. The summed E-state index contributed by atoms with van der Waals surface area (Å²) in [5, 5.41) is 1.40. The molecule has 8 heteroatoms. The topological polar surface area (TPSA) is 79.4 Å². The van der Waals surface area contributed by atoms with Crippen molar-refractivity contribution < 1.29 is 28.7 Å². The fraction of sp³-hybridized carbons (Fsp3) is 0.429. The molecule has 2 saturated heterocycles. The van der Waals surface area contributed by atoms with Crippen LogP contribution in [0, 0.1) is 0 Å². The molecule has 0 bridgehead atoms. The van der Waals surface area contributed by atoms with Gasteiger partial charge in [0.2, 0.25) is 0 Å². The molecule has 2 fully saturated rings. The van der Waals surface area contributed by atoms with Crippen molar-refractivity contribution in [2.75, 3.05) is 14.2 Å². The van der Waals surface area contributed by atoms with Gasteiger partial charge in [-0.05, 0) is 29.3 Å². The molecule has 0 amide bonds. The second-order valence-corrected chi connectivity index (χ2v) is 7.03. The van der Waals surface area contributed by atoms with Gasteiger partial charge in [-0.25, -0.2) is 9.63 Å². The Morgan fingerprint density at radius 2 is 2.00 bits per heavy atom. The van der Waals surface area contributed by atoms with Crippen LogP contribution >= 0.6 is 0 Å². The highest BCUT2D eigenvalue weighted by molar-refractivity contribution is 5.74. The number of fused-ring (bicyclic) bond motifs is 1. The molecule has 2 aromatic rings. The van der Waals surface area contributed by atoms with Crippen molar-refractivity contribution in [2.24, 2.45) is 0 Å². The number of esters is 1. The molecule has 4 rings (SSSR count). The van der Waals surface area contributed by atoms with Gasteiger partial charge < -0.3 is 14.2 Å². The van der Waals surface area contributed by atoms with E-state index in [1.165, 1.54) is 12.3 Å². The van der Waals surface area contributed by atoms with Crippen LogP contribution < -0.4 is 4.74 Å². The molecule has 8 nitrogen and oxygen atoms in total. The molecule has 0 aliphatic carbocycles. The molecule has 3 heterocycles. The number of rotatable bonds is 6. The first-order valence-corrected chi connectivity index (χ1v) is 9.53. The lowest BCUT2D eigenvalue weighted by Gasteiger charge is -2.38. The van der Waals surface area contributed by atoms with Crippen molar-refractivity contribution in [1.82, 2.24) is 10.2 Å². The van der Waals surface area contributed by atoms with Crippen molar-refractivity contribution >= 4 is 5.97 Å². The van der Waals surface area contributed by atoms with Gasteiger partial charge >= 0.3 is 5.97 Å². The summed E-state index contributed by atoms with van der Waals surface area (Å²) in [6, 6.07) is 11.5. The summed E-state index contributed by atoms with van der Waals surface area (Å²) in [4.78, 5) is 27.8. The van der Waals surface area contributed by atoms with E-state index in [-0.39, 0.29) is 12.0 Å². The van der Waals surface area contributed by atoms with Crippen LogP contribution in [0.25, 0.3) is 0 Å². The van der Waals surface area contributed by atoms with Gasteiger partial charge in [-0.3, -0.25) is 9.82 Å². The Bertz CT molecular complexity index is 816. The van der Waals surface area contributed by atoms with E-state index >= 15 is 0 Å². The van der Waals surface area contributed by atoms with E-state index in [9.17, 15) is 4.79 Å². The quantitative estimate of drug-likeness (QED) is 0.685. The number of nitrogens with zero attached hydrogens (tertiary/aromatic N) is 2. The van der Waals surface area contributed by atoms with Gasteiger partial charge in [-0.2, -0.15) is 0 Å². The van der Waals surface area contributed by atoms with Crippen molar-refractivity contribution in [3.05, 3.63) is 59.9 Å². The van der Waals surface area contributed by atoms with Crippen LogP contribution in [-0.2, 0) is 30.6 Å². The smallest absolute Gasteiger partial charge is 0.337 e. The standard InChI is InChI=1S/C21H24N2O6/c1-25-16-7-5-14(6-8-16)13-27-20-10-17(15-4-3-9-22-12-15)18-11-19(21(24)26-2)28-23(18)29-20/h3-9,12,17-20H,10-11,13H2,1-2H3. The first-order chi connectivity index (χ1) is 14.2.